The van der Waals surface area contributed by atoms with Gasteiger partial charge in [-0.25, -0.2) is 9.98 Å². The van der Waals surface area contributed by atoms with Crippen LogP contribution >= 0.6 is 11.8 Å². The van der Waals surface area contributed by atoms with E-state index in [2.05, 4.69) is 30.5 Å². The van der Waals surface area contributed by atoms with Crippen LogP contribution in [0.5, 0.6) is 5.75 Å². The van der Waals surface area contributed by atoms with Gasteiger partial charge in [-0.3, -0.25) is 5.10 Å². The van der Waals surface area contributed by atoms with Crippen molar-refractivity contribution in [2.45, 2.75) is 33.4 Å². The van der Waals surface area contributed by atoms with Gasteiger partial charge in [0.15, 0.2) is 17.7 Å². The fraction of sp³-hybridized carbons (Fsp3) is 0.304. The minimum absolute atomic E-state index is 0.0884. The number of nitrogens with zero attached hydrogens (tertiary/aromatic N) is 4. The van der Waals surface area contributed by atoms with Crippen LogP contribution in [0.4, 0.5) is 24.8 Å². The highest BCUT2D eigenvalue weighted by Crippen LogP contribution is 2.32. The van der Waals surface area contributed by atoms with Crippen LogP contribution in [0.1, 0.15) is 30.0 Å². The number of rotatable bonds is 7. The van der Waals surface area contributed by atoms with Crippen molar-refractivity contribution in [2.24, 2.45) is 15.7 Å². The maximum Gasteiger partial charge on any atom is 0.416 e. The van der Waals surface area contributed by atoms with Gasteiger partial charge in [0.2, 0.25) is 5.95 Å². The Hall–Kier alpha value is -3.54. The molecule has 0 fully saturated rings. The molecule has 1 aromatic heterocycles. The Morgan fingerprint density at radius 3 is 2.54 bits per heavy atom. The van der Waals surface area contributed by atoms with Gasteiger partial charge in [0.1, 0.15) is 11.6 Å². The summed E-state index contributed by atoms with van der Waals surface area (Å²) < 4.78 is 44.7. The maximum atomic E-state index is 12.9. The predicted molar refractivity (Wildman–Crippen MR) is 134 cm³/mol. The molecule has 4 N–H and O–H groups in total. The van der Waals surface area contributed by atoms with E-state index in [0.717, 1.165) is 28.8 Å². The predicted octanol–water partition coefficient (Wildman–Crippen LogP) is 5.67. The minimum atomic E-state index is -4.43. The lowest BCUT2D eigenvalue weighted by Gasteiger charge is -2.12. The van der Waals surface area contributed by atoms with Crippen LogP contribution < -0.4 is 15.8 Å². The Morgan fingerprint density at radius 1 is 1.20 bits per heavy atom. The van der Waals surface area contributed by atoms with Crippen molar-refractivity contribution in [3.05, 3.63) is 53.1 Å². The standard InChI is InChI=1S/C23H26F3N7OS/c1-5-18(27)30-22(35-4)28-12-34-19-13(2)9-15(10-14(19)3)20-31-21(33-32-20)29-17-8-6-7-16(11-17)23(24,25)26/h6-11H,5,12H2,1-4H3,(H2,27,28,30)(H2,29,31,32,33). The van der Waals surface area contributed by atoms with E-state index in [-0.39, 0.29) is 18.4 Å². The first-order valence-corrected chi connectivity index (χ1v) is 11.9. The van der Waals surface area contributed by atoms with Gasteiger partial charge in [-0.15, -0.1) is 5.10 Å². The average molecular weight is 506 g/mol. The van der Waals surface area contributed by atoms with Crippen molar-refractivity contribution in [3.8, 4) is 17.1 Å². The van der Waals surface area contributed by atoms with Crippen LogP contribution in [-0.2, 0) is 6.18 Å². The van der Waals surface area contributed by atoms with Crippen LogP contribution in [0.15, 0.2) is 46.4 Å². The summed E-state index contributed by atoms with van der Waals surface area (Å²) in [6.45, 7) is 5.80. The first-order valence-electron chi connectivity index (χ1n) is 10.6. The van der Waals surface area contributed by atoms with Gasteiger partial charge in [0.05, 0.1) is 5.56 Å². The molecule has 8 nitrogen and oxygen atoms in total. The number of H-pyrrole nitrogens is 1. The Bertz CT molecular complexity index is 1210. The number of anilines is 2. The van der Waals surface area contributed by atoms with Gasteiger partial charge in [-0.1, -0.05) is 24.8 Å². The number of nitrogens with two attached hydrogens (primary N) is 1. The van der Waals surface area contributed by atoms with Crippen LogP contribution in [0.3, 0.4) is 0 Å². The molecule has 0 spiro atoms. The minimum Gasteiger partial charge on any atom is -0.471 e. The fourth-order valence-electron chi connectivity index (χ4n) is 3.16. The molecule has 0 aliphatic carbocycles. The molecule has 0 atom stereocenters. The summed E-state index contributed by atoms with van der Waals surface area (Å²) in [5, 5.41) is 10.2. The van der Waals surface area contributed by atoms with Crippen molar-refractivity contribution >= 4 is 34.4 Å². The third kappa shape index (κ3) is 6.98. The monoisotopic (exact) mass is 505 g/mol. The van der Waals surface area contributed by atoms with Crippen molar-refractivity contribution in [3.63, 3.8) is 0 Å². The molecule has 186 valence electrons. The number of aromatic nitrogens is 3. The Labute approximate surface area is 205 Å². The van der Waals surface area contributed by atoms with E-state index < -0.39 is 11.7 Å². The number of thioether (sulfide) groups is 1. The number of halogens is 3. The molecule has 0 unspecified atom stereocenters. The second-order valence-corrected chi connectivity index (χ2v) is 8.30. The number of nitrogens with one attached hydrogen (secondary N) is 2. The molecule has 0 aliphatic rings. The van der Waals surface area contributed by atoms with Crippen molar-refractivity contribution in [1.29, 1.82) is 0 Å². The summed E-state index contributed by atoms with van der Waals surface area (Å²) in [5.74, 6) is 1.81. The second-order valence-electron chi connectivity index (χ2n) is 7.53. The molecular weight excluding hydrogens is 479 g/mol. The molecule has 0 amide bonds. The highest BCUT2D eigenvalue weighted by molar-refractivity contribution is 8.13. The number of hydrogen-bond acceptors (Lipinski definition) is 6. The summed E-state index contributed by atoms with van der Waals surface area (Å²) in [6, 6.07) is 8.60. The van der Waals surface area contributed by atoms with Gasteiger partial charge in [-0.2, -0.15) is 18.2 Å². The Morgan fingerprint density at radius 2 is 1.91 bits per heavy atom. The zero-order valence-electron chi connectivity index (χ0n) is 19.7. The van der Waals surface area contributed by atoms with E-state index in [1.807, 2.05) is 39.2 Å². The summed E-state index contributed by atoms with van der Waals surface area (Å²) in [4.78, 5) is 12.9. The molecule has 1 heterocycles. The number of amidine groups is 2. The number of benzene rings is 2. The Kier molecular flexibility index (Phi) is 8.39. The second kappa shape index (κ2) is 11.3. The number of aromatic amines is 1. The first-order chi connectivity index (χ1) is 16.6. The molecule has 3 aromatic rings. The van der Waals surface area contributed by atoms with E-state index in [4.69, 9.17) is 10.5 Å². The zero-order valence-corrected chi connectivity index (χ0v) is 20.5. The lowest BCUT2D eigenvalue weighted by molar-refractivity contribution is -0.137. The lowest BCUT2D eigenvalue weighted by Crippen LogP contribution is -2.12. The van der Waals surface area contributed by atoms with E-state index in [9.17, 15) is 13.2 Å². The molecule has 2 aromatic carbocycles. The van der Waals surface area contributed by atoms with Crippen LogP contribution in [0, 0.1) is 13.8 Å². The molecule has 0 saturated heterocycles. The Balaban J connectivity index is 1.73. The fourth-order valence-corrected chi connectivity index (χ4v) is 3.55. The van der Waals surface area contributed by atoms with Crippen molar-refractivity contribution in [2.75, 3.05) is 18.3 Å². The SMILES string of the molecule is CC/C(N)=N\C(=N/COc1c(C)cc(-c2nc(Nc3cccc(C(F)(F)F)c3)n[nH]2)cc1C)SC. The van der Waals surface area contributed by atoms with Gasteiger partial charge >= 0.3 is 6.18 Å². The van der Waals surface area contributed by atoms with E-state index in [0.29, 0.717) is 29.0 Å². The quantitative estimate of drug-likeness (QED) is 0.282. The summed E-state index contributed by atoms with van der Waals surface area (Å²) >= 11 is 1.38. The normalized spacial score (nSPS) is 12.7. The molecular formula is C23H26F3N7OS. The maximum absolute atomic E-state index is 12.9. The van der Waals surface area contributed by atoms with E-state index in [1.165, 1.54) is 23.9 Å². The third-order valence-corrected chi connectivity index (χ3v) is 5.44. The molecule has 35 heavy (non-hydrogen) atoms. The molecule has 0 aliphatic heterocycles. The molecule has 12 heteroatoms. The van der Waals surface area contributed by atoms with Crippen molar-refractivity contribution < 1.29 is 17.9 Å². The summed E-state index contributed by atoms with van der Waals surface area (Å²) in [7, 11) is 0. The highest BCUT2D eigenvalue weighted by atomic mass is 32.2. The first kappa shape index (κ1) is 26.1. The molecule has 0 saturated carbocycles. The highest BCUT2D eigenvalue weighted by Gasteiger charge is 2.30. The number of ether oxygens (including phenoxy) is 1. The summed E-state index contributed by atoms with van der Waals surface area (Å²) in [5.41, 5.74) is 7.73. The molecule has 0 bridgehead atoms. The average Bonchev–Trinajstić information content (AvgIpc) is 3.27. The van der Waals surface area contributed by atoms with Gasteiger partial charge < -0.3 is 15.8 Å². The number of aliphatic imine (C=N–C) groups is 2. The van der Waals surface area contributed by atoms with E-state index >= 15 is 0 Å². The summed E-state index contributed by atoms with van der Waals surface area (Å²) in [6.07, 6.45) is -1.93. The van der Waals surface area contributed by atoms with Gasteiger partial charge in [0.25, 0.3) is 0 Å². The van der Waals surface area contributed by atoms with Gasteiger partial charge in [0, 0.05) is 17.7 Å². The zero-order chi connectivity index (χ0) is 25.6. The van der Waals surface area contributed by atoms with Crippen LogP contribution in [0.25, 0.3) is 11.4 Å². The number of aryl methyl sites for hydroxylation is 2. The number of hydrogen-bond donors (Lipinski definition) is 3. The van der Waals surface area contributed by atoms with Crippen LogP contribution in [-0.4, -0.2) is 39.2 Å². The van der Waals surface area contributed by atoms with Gasteiger partial charge in [-0.05, 0) is 61.6 Å². The van der Waals surface area contributed by atoms with Crippen LogP contribution in [0.2, 0.25) is 0 Å². The van der Waals surface area contributed by atoms with Crippen molar-refractivity contribution in [1.82, 2.24) is 15.2 Å². The lowest BCUT2D eigenvalue weighted by atomic mass is 10.1. The number of alkyl halides is 3. The third-order valence-electron chi connectivity index (χ3n) is 4.86. The van der Waals surface area contributed by atoms with E-state index in [1.54, 1.807) is 0 Å². The smallest absolute Gasteiger partial charge is 0.416 e. The molecule has 0 radical (unpaired) electrons. The molecule has 3 rings (SSSR count). The largest absolute Gasteiger partial charge is 0.471 e. The topological polar surface area (TPSA) is 114 Å².